The summed E-state index contributed by atoms with van der Waals surface area (Å²) in [4.78, 5) is 22.8. The third-order valence-electron chi connectivity index (χ3n) is 4.41. The predicted molar refractivity (Wildman–Crippen MR) is 103 cm³/mol. The highest BCUT2D eigenvalue weighted by Gasteiger charge is 2.17. The molecule has 0 radical (unpaired) electrons. The third kappa shape index (κ3) is 5.18. The van der Waals surface area contributed by atoms with Gasteiger partial charge in [0, 0.05) is 23.2 Å². The quantitative estimate of drug-likeness (QED) is 0.579. The van der Waals surface area contributed by atoms with Gasteiger partial charge in [0.1, 0.15) is 5.75 Å². The number of carbonyl (C=O) groups excluding carboxylic acids is 1. The molecule has 1 aliphatic rings. The first-order chi connectivity index (χ1) is 13.0. The van der Waals surface area contributed by atoms with Crippen molar-refractivity contribution in [3.63, 3.8) is 0 Å². The lowest BCUT2D eigenvalue weighted by atomic mass is 10.00. The van der Waals surface area contributed by atoms with Gasteiger partial charge >= 0.3 is 5.69 Å². The summed E-state index contributed by atoms with van der Waals surface area (Å²) < 4.78 is 5.58. The van der Waals surface area contributed by atoms with Crippen LogP contribution in [0.3, 0.4) is 0 Å². The Morgan fingerprint density at radius 1 is 1.30 bits per heavy atom. The largest absolute Gasteiger partial charge is 0.450 e. The van der Waals surface area contributed by atoms with Crippen LogP contribution in [0.15, 0.2) is 42.5 Å². The minimum Gasteiger partial charge on any atom is -0.450 e. The molecule has 2 N–H and O–H groups in total. The zero-order valence-electron chi connectivity index (χ0n) is 14.6. The van der Waals surface area contributed by atoms with Crippen molar-refractivity contribution < 1.29 is 14.5 Å². The Morgan fingerprint density at radius 2 is 2.07 bits per heavy atom. The van der Waals surface area contributed by atoms with E-state index < -0.39 is 4.92 Å². The molecule has 0 bridgehead atoms. The Kier molecular flexibility index (Phi) is 6.26. The van der Waals surface area contributed by atoms with E-state index in [1.165, 1.54) is 18.2 Å². The van der Waals surface area contributed by atoms with Gasteiger partial charge in [-0.1, -0.05) is 11.6 Å². The molecule has 1 saturated heterocycles. The molecule has 1 aliphatic heterocycles. The number of nitrogens with zero attached hydrogens (tertiary/aromatic N) is 1. The Balaban J connectivity index is 1.61. The minimum absolute atomic E-state index is 0.0893. The lowest BCUT2D eigenvalue weighted by Crippen LogP contribution is -2.38. The molecule has 8 heteroatoms. The van der Waals surface area contributed by atoms with Gasteiger partial charge in [-0.25, -0.2) is 0 Å². The number of piperidine rings is 1. The highest BCUT2D eigenvalue weighted by Crippen LogP contribution is 2.33. The maximum Gasteiger partial charge on any atom is 0.313 e. The number of hydrogen-bond donors (Lipinski definition) is 2. The van der Waals surface area contributed by atoms with E-state index >= 15 is 0 Å². The summed E-state index contributed by atoms with van der Waals surface area (Å²) in [6.45, 7) is 2.60. The highest BCUT2D eigenvalue weighted by atomic mass is 35.5. The molecule has 27 heavy (non-hydrogen) atoms. The van der Waals surface area contributed by atoms with Crippen molar-refractivity contribution in [2.45, 2.75) is 12.8 Å². The zero-order valence-corrected chi connectivity index (χ0v) is 15.4. The zero-order chi connectivity index (χ0) is 19.2. The monoisotopic (exact) mass is 389 g/mol. The number of ether oxygens (including phenoxy) is 1. The highest BCUT2D eigenvalue weighted by molar-refractivity contribution is 6.30. The first-order valence-electron chi connectivity index (χ1n) is 8.73. The number of amides is 1. The average molecular weight is 390 g/mol. The summed E-state index contributed by atoms with van der Waals surface area (Å²) >= 11 is 5.80. The fourth-order valence-corrected chi connectivity index (χ4v) is 3.12. The van der Waals surface area contributed by atoms with Gasteiger partial charge in [-0.2, -0.15) is 0 Å². The molecule has 1 atom stereocenters. The molecule has 142 valence electrons. The van der Waals surface area contributed by atoms with E-state index in [0.717, 1.165) is 25.9 Å². The van der Waals surface area contributed by atoms with Gasteiger partial charge in [0.15, 0.2) is 0 Å². The summed E-state index contributed by atoms with van der Waals surface area (Å²) in [6.07, 6.45) is 2.24. The smallest absolute Gasteiger partial charge is 0.313 e. The second-order valence-electron chi connectivity index (χ2n) is 6.42. The number of nitro groups is 1. The molecule has 0 aromatic heterocycles. The molecule has 2 aromatic rings. The number of nitro benzene ring substituents is 1. The van der Waals surface area contributed by atoms with Gasteiger partial charge < -0.3 is 15.4 Å². The van der Waals surface area contributed by atoms with Crippen molar-refractivity contribution in [2.75, 3.05) is 19.6 Å². The topological polar surface area (TPSA) is 93.5 Å². The molecular formula is C19H20ClN3O4. The van der Waals surface area contributed by atoms with E-state index in [0.29, 0.717) is 23.8 Å². The number of halogens is 1. The average Bonchev–Trinajstić information content (AvgIpc) is 2.68. The summed E-state index contributed by atoms with van der Waals surface area (Å²) in [7, 11) is 0. The molecule has 1 unspecified atom stereocenters. The van der Waals surface area contributed by atoms with E-state index in [9.17, 15) is 14.9 Å². The Hall–Kier alpha value is -2.64. The summed E-state index contributed by atoms with van der Waals surface area (Å²) in [5.74, 6) is 0.792. The molecule has 7 nitrogen and oxygen atoms in total. The Labute approximate surface area is 161 Å². The van der Waals surface area contributed by atoms with Crippen LogP contribution in [0, 0.1) is 16.0 Å². The van der Waals surface area contributed by atoms with E-state index in [2.05, 4.69) is 10.6 Å². The SMILES string of the molecule is O=C(NCC1CCCNC1)c1ccc(Oc2ccc(Cl)cc2[N+](=O)[O-])cc1. The van der Waals surface area contributed by atoms with Crippen LogP contribution in [-0.2, 0) is 0 Å². The Morgan fingerprint density at radius 3 is 2.74 bits per heavy atom. The first-order valence-corrected chi connectivity index (χ1v) is 9.11. The lowest BCUT2D eigenvalue weighted by Gasteiger charge is -2.22. The van der Waals surface area contributed by atoms with Crippen LogP contribution in [0.2, 0.25) is 5.02 Å². The molecule has 1 heterocycles. The second-order valence-corrected chi connectivity index (χ2v) is 6.85. The van der Waals surface area contributed by atoms with Gasteiger partial charge in [0.2, 0.25) is 5.75 Å². The maximum absolute atomic E-state index is 12.3. The van der Waals surface area contributed by atoms with E-state index in [1.54, 1.807) is 24.3 Å². The third-order valence-corrected chi connectivity index (χ3v) is 4.65. The van der Waals surface area contributed by atoms with Crippen LogP contribution < -0.4 is 15.4 Å². The van der Waals surface area contributed by atoms with Gasteiger partial charge in [-0.15, -0.1) is 0 Å². The molecule has 1 fully saturated rings. The van der Waals surface area contributed by atoms with Gasteiger partial charge in [0.25, 0.3) is 5.91 Å². The molecule has 0 spiro atoms. The van der Waals surface area contributed by atoms with Gasteiger partial charge in [-0.05, 0) is 68.2 Å². The summed E-state index contributed by atoms with van der Waals surface area (Å²) in [5.41, 5.74) is 0.294. The van der Waals surface area contributed by atoms with Crippen LogP contribution in [0.4, 0.5) is 5.69 Å². The van der Waals surface area contributed by atoms with E-state index in [1.807, 2.05) is 0 Å². The number of hydrogen-bond acceptors (Lipinski definition) is 5. The lowest BCUT2D eigenvalue weighted by molar-refractivity contribution is -0.385. The van der Waals surface area contributed by atoms with Gasteiger partial charge in [-0.3, -0.25) is 14.9 Å². The standard InChI is InChI=1S/C19H20ClN3O4/c20-15-5-8-18(17(10-15)23(25)26)27-16-6-3-14(4-7-16)19(24)22-12-13-2-1-9-21-11-13/h3-8,10,13,21H,1-2,9,11-12H2,(H,22,24). The normalized spacial score (nSPS) is 16.6. The first kappa shape index (κ1) is 19.1. The number of carbonyl (C=O) groups is 1. The second kappa shape index (κ2) is 8.83. The summed E-state index contributed by atoms with van der Waals surface area (Å²) in [5, 5.41) is 17.6. The fourth-order valence-electron chi connectivity index (χ4n) is 2.96. The molecule has 1 amide bonds. The van der Waals surface area contributed by atoms with Crippen LogP contribution in [-0.4, -0.2) is 30.5 Å². The number of benzene rings is 2. The fraction of sp³-hybridized carbons (Fsp3) is 0.316. The van der Waals surface area contributed by atoms with E-state index in [4.69, 9.17) is 16.3 Å². The molecule has 0 saturated carbocycles. The van der Waals surface area contributed by atoms with Crippen LogP contribution >= 0.6 is 11.6 Å². The van der Waals surface area contributed by atoms with Crippen molar-refractivity contribution in [1.82, 2.24) is 10.6 Å². The predicted octanol–water partition coefficient (Wildman–Crippen LogP) is 3.77. The van der Waals surface area contributed by atoms with Crippen molar-refractivity contribution in [2.24, 2.45) is 5.92 Å². The van der Waals surface area contributed by atoms with Gasteiger partial charge in [0.05, 0.1) is 4.92 Å². The molecule has 2 aromatic carbocycles. The molecule has 3 rings (SSSR count). The molecule has 0 aliphatic carbocycles. The Bertz CT molecular complexity index is 820. The van der Waals surface area contributed by atoms with E-state index in [-0.39, 0.29) is 22.4 Å². The number of rotatable bonds is 6. The maximum atomic E-state index is 12.3. The minimum atomic E-state index is -0.552. The van der Waals surface area contributed by atoms with Crippen molar-refractivity contribution in [3.05, 3.63) is 63.2 Å². The van der Waals surface area contributed by atoms with Crippen molar-refractivity contribution >= 4 is 23.2 Å². The molecular weight excluding hydrogens is 370 g/mol. The van der Waals surface area contributed by atoms with Crippen molar-refractivity contribution in [3.8, 4) is 11.5 Å². The van der Waals surface area contributed by atoms with Crippen LogP contribution in [0.1, 0.15) is 23.2 Å². The van der Waals surface area contributed by atoms with Crippen molar-refractivity contribution in [1.29, 1.82) is 0 Å². The van der Waals surface area contributed by atoms with Crippen LogP contribution in [0.25, 0.3) is 0 Å². The summed E-state index contributed by atoms with van der Waals surface area (Å²) in [6, 6.07) is 10.7. The van der Waals surface area contributed by atoms with Crippen LogP contribution in [0.5, 0.6) is 11.5 Å². The number of nitrogens with one attached hydrogen (secondary N) is 2.